The molecule has 1 fully saturated rings. The van der Waals surface area contributed by atoms with Crippen LogP contribution in [0.2, 0.25) is 0 Å². The normalized spacial score (nSPS) is 30.5. The van der Waals surface area contributed by atoms with E-state index in [2.05, 4.69) is 6.92 Å². The first-order valence-corrected chi connectivity index (χ1v) is 3.96. The molecular formula is C8H18O3. The average molecular weight is 162 g/mol. The highest BCUT2D eigenvalue weighted by atomic mass is 16.7. The van der Waals surface area contributed by atoms with Gasteiger partial charge in [-0.2, -0.15) is 0 Å². The van der Waals surface area contributed by atoms with Gasteiger partial charge in [-0.15, -0.1) is 0 Å². The van der Waals surface area contributed by atoms with Gasteiger partial charge in [0.1, 0.15) is 0 Å². The summed E-state index contributed by atoms with van der Waals surface area (Å²) in [7, 11) is 2.70. The molecule has 1 aliphatic rings. The molecule has 11 heavy (non-hydrogen) atoms. The summed E-state index contributed by atoms with van der Waals surface area (Å²) in [6.07, 6.45) is 3.93. The quantitative estimate of drug-likeness (QED) is 0.628. The Hall–Kier alpha value is -0.120. The van der Waals surface area contributed by atoms with Crippen LogP contribution < -0.4 is 0 Å². The van der Waals surface area contributed by atoms with E-state index >= 15 is 0 Å². The molecule has 1 N–H and O–H groups in total. The average Bonchev–Trinajstić information content (AvgIpc) is 2.08. The van der Waals surface area contributed by atoms with Crippen LogP contribution in [0.15, 0.2) is 0 Å². The van der Waals surface area contributed by atoms with E-state index in [0.717, 1.165) is 13.5 Å². The maximum atomic E-state index is 7.00. The van der Waals surface area contributed by atoms with Crippen LogP contribution in [0.25, 0.3) is 0 Å². The van der Waals surface area contributed by atoms with Crippen LogP contribution >= 0.6 is 0 Å². The molecule has 3 nitrogen and oxygen atoms in total. The van der Waals surface area contributed by atoms with Crippen molar-refractivity contribution in [2.45, 2.75) is 38.6 Å². The molecule has 0 aliphatic carbocycles. The highest BCUT2D eigenvalue weighted by Gasteiger charge is 2.17. The zero-order valence-corrected chi connectivity index (χ0v) is 7.54. The third-order valence-corrected chi connectivity index (χ3v) is 1.70. The number of aliphatic hydroxyl groups excluding tert-OH is 1. The fourth-order valence-corrected chi connectivity index (χ4v) is 1.14. The van der Waals surface area contributed by atoms with Crippen LogP contribution in [0.5, 0.6) is 0 Å². The van der Waals surface area contributed by atoms with Gasteiger partial charge in [-0.3, -0.25) is 0 Å². The van der Waals surface area contributed by atoms with Gasteiger partial charge in [-0.05, 0) is 26.2 Å². The fourth-order valence-electron chi connectivity index (χ4n) is 1.14. The van der Waals surface area contributed by atoms with Crippen molar-refractivity contribution in [3.05, 3.63) is 0 Å². The maximum Gasteiger partial charge on any atom is 0.157 e. The summed E-state index contributed by atoms with van der Waals surface area (Å²) in [5.74, 6) is 0. The summed E-state index contributed by atoms with van der Waals surface area (Å²) in [4.78, 5) is 0. The van der Waals surface area contributed by atoms with Crippen molar-refractivity contribution in [1.82, 2.24) is 0 Å². The van der Waals surface area contributed by atoms with Crippen LogP contribution in [0, 0.1) is 0 Å². The van der Waals surface area contributed by atoms with Crippen molar-refractivity contribution in [2.24, 2.45) is 0 Å². The Balaban J connectivity index is 0.000000461. The molecular weight excluding hydrogens is 144 g/mol. The monoisotopic (exact) mass is 162 g/mol. The van der Waals surface area contributed by atoms with Crippen molar-refractivity contribution >= 4 is 0 Å². The van der Waals surface area contributed by atoms with E-state index in [1.165, 1.54) is 12.8 Å². The molecule has 3 heteroatoms. The topological polar surface area (TPSA) is 38.7 Å². The Labute approximate surface area is 68.3 Å². The van der Waals surface area contributed by atoms with Gasteiger partial charge in [0.2, 0.25) is 0 Å². The standard InChI is InChI=1S/C7H14O2.CH4O/c1-6-4-3-5-7(8-2)9-6;1-2/h6-7H,3-5H2,1-2H3;2H,1H3. The lowest BCUT2D eigenvalue weighted by atomic mass is 10.1. The molecule has 1 heterocycles. The van der Waals surface area contributed by atoms with Crippen molar-refractivity contribution in [2.75, 3.05) is 14.2 Å². The van der Waals surface area contributed by atoms with Gasteiger partial charge in [0, 0.05) is 14.2 Å². The second kappa shape index (κ2) is 6.58. The smallest absolute Gasteiger partial charge is 0.157 e. The molecule has 1 aliphatic heterocycles. The SMILES string of the molecule is CO.COC1CCCC(C)O1. The number of hydrogen-bond donors (Lipinski definition) is 1. The lowest BCUT2D eigenvalue weighted by Crippen LogP contribution is -2.26. The summed E-state index contributed by atoms with van der Waals surface area (Å²) >= 11 is 0. The molecule has 0 amide bonds. The largest absolute Gasteiger partial charge is 0.400 e. The third-order valence-electron chi connectivity index (χ3n) is 1.70. The molecule has 0 bridgehead atoms. The predicted octanol–water partition coefficient (Wildman–Crippen LogP) is 1.16. The first-order chi connectivity index (χ1) is 5.33. The van der Waals surface area contributed by atoms with Crippen molar-refractivity contribution in [3.8, 4) is 0 Å². The highest BCUT2D eigenvalue weighted by molar-refractivity contribution is 4.60. The fraction of sp³-hybridized carbons (Fsp3) is 1.00. The first kappa shape index (κ1) is 10.9. The summed E-state index contributed by atoms with van der Waals surface area (Å²) in [6, 6.07) is 0. The zero-order valence-electron chi connectivity index (χ0n) is 7.54. The van der Waals surface area contributed by atoms with Crippen LogP contribution in [0.4, 0.5) is 0 Å². The van der Waals surface area contributed by atoms with Crippen molar-refractivity contribution in [3.63, 3.8) is 0 Å². The van der Waals surface area contributed by atoms with Gasteiger partial charge in [-0.1, -0.05) is 0 Å². The van der Waals surface area contributed by atoms with Gasteiger partial charge in [-0.25, -0.2) is 0 Å². The molecule has 2 atom stereocenters. The molecule has 1 saturated heterocycles. The van der Waals surface area contributed by atoms with Crippen molar-refractivity contribution in [1.29, 1.82) is 0 Å². The Kier molecular flexibility index (Phi) is 6.51. The Morgan fingerprint density at radius 3 is 2.36 bits per heavy atom. The summed E-state index contributed by atoms with van der Waals surface area (Å²) in [6.45, 7) is 2.09. The lowest BCUT2D eigenvalue weighted by Gasteiger charge is -2.26. The minimum absolute atomic E-state index is 0.0637. The van der Waals surface area contributed by atoms with E-state index in [9.17, 15) is 0 Å². The van der Waals surface area contributed by atoms with Gasteiger partial charge in [0.05, 0.1) is 6.10 Å². The minimum Gasteiger partial charge on any atom is -0.400 e. The van der Waals surface area contributed by atoms with Crippen LogP contribution in [0.1, 0.15) is 26.2 Å². The second-order valence-electron chi connectivity index (χ2n) is 2.54. The van der Waals surface area contributed by atoms with Gasteiger partial charge in [0.25, 0.3) is 0 Å². The lowest BCUT2D eigenvalue weighted by molar-refractivity contribution is -0.174. The van der Waals surface area contributed by atoms with E-state index in [4.69, 9.17) is 14.6 Å². The van der Waals surface area contributed by atoms with Gasteiger partial charge >= 0.3 is 0 Å². The molecule has 0 spiro atoms. The van der Waals surface area contributed by atoms with Crippen molar-refractivity contribution < 1.29 is 14.6 Å². The van der Waals surface area contributed by atoms with Gasteiger partial charge < -0.3 is 14.6 Å². The molecule has 0 aromatic rings. The Bertz CT molecular complexity index is 85.4. The maximum absolute atomic E-state index is 7.00. The van der Waals surface area contributed by atoms with Crippen LogP contribution in [-0.2, 0) is 9.47 Å². The predicted molar refractivity (Wildman–Crippen MR) is 43.3 cm³/mol. The molecule has 0 saturated carbocycles. The molecule has 68 valence electrons. The van der Waals surface area contributed by atoms with E-state index in [1.54, 1.807) is 7.11 Å². The molecule has 1 rings (SSSR count). The van der Waals surface area contributed by atoms with E-state index in [1.807, 2.05) is 0 Å². The Morgan fingerprint density at radius 1 is 1.36 bits per heavy atom. The molecule has 2 unspecified atom stereocenters. The summed E-state index contributed by atoms with van der Waals surface area (Å²) in [5.41, 5.74) is 0. The third kappa shape index (κ3) is 4.35. The summed E-state index contributed by atoms with van der Waals surface area (Å²) < 4.78 is 10.5. The minimum atomic E-state index is 0.0637. The highest BCUT2D eigenvalue weighted by Crippen LogP contribution is 2.18. The van der Waals surface area contributed by atoms with E-state index < -0.39 is 0 Å². The van der Waals surface area contributed by atoms with Crippen LogP contribution in [-0.4, -0.2) is 31.7 Å². The second-order valence-corrected chi connectivity index (χ2v) is 2.54. The molecule has 0 aromatic carbocycles. The zero-order chi connectivity index (χ0) is 8.69. The number of rotatable bonds is 1. The number of methoxy groups -OCH3 is 1. The number of hydrogen-bond acceptors (Lipinski definition) is 3. The van der Waals surface area contributed by atoms with E-state index in [-0.39, 0.29) is 6.29 Å². The molecule has 0 aromatic heterocycles. The Morgan fingerprint density at radius 2 is 2.00 bits per heavy atom. The number of ether oxygens (including phenoxy) is 2. The van der Waals surface area contributed by atoms with E-state index in [0.29, 0.717) is 6.10 Å². The summed E-state index contributed by atoms with van der Waals surface area (Å²) in [5, 5.41) is 7.00. The number of aliphatic hydroxyl groups is 1. The van der Waals surface area contributed by atoms with Crippen LogP contribution in [0.3, 0.4) is 0 Å². The molecule has 0 radical (unpaired) electrons. The first-order valence-electron chi connectivity index (χ1n) is 3.96. The van der Waals surface area contributed by atoms with Gasteiger partial charge in [0.15, 0.2) is 6.29 Å².